The minimum absolute atomic E-state index is 0. The van der Waals surface area contributed by atoms with Crippen LogP contribution >= 0.6 is 12.3 Å². The van der Waals surface area contributed by atoms with Crippen LogP contribution in [0, 0.1) is 5.92 Å². The summed E-state index contributed by atoms with van der Waals surface area (Å²) in [6.07, 6.45) is 0.681. The normalized spacial score (nSPS) is 26.5. The van der Waals surface area contributed by atoms with Crippen molar-refractivity contribution in [2.45, 2.75) is 209 Å². The number of aromatic hydroxyl groups is 1. The number of fused-ring (bicyclic) bond motifs is 2. The SMILES string of the molecule is CCCCCCCCCCCCCCCC(=O)N[C@H]1C[C@H](O)CNC(=O)C2[C@@H](O)C(C)CN2C(=O)[C@H]([C@H](O)CC(N)=O)NC(=O)C([C@H](O)Cc2ccc(O)c(OSOO[O-])c2)NC(=O)C2CC(O)CN2C(=O)C(C(C)O)NC1=O.[Na+]. The Morgan fingerprint density at radius 1 is 0.775 bits per heavy atom. The predicted molar refractivity (Wildman–Crippen MR) is 278 cm³/mol. The van der Waals surface area contributed by atoms with Gasteiger partial charge in [0.25, 0.3) is 12.3 Å². The van der Waals surface area contributed by atoms with Crippen LogP contribution < -0.4 is 71.3 Å². The summed E-state index contributed by atoms with van der Waals surface area (Å²) in [7, 11) is 0. The van der Waals surface area contributed by atoms with E-state index in [9.17, 15) is 79.4 Å². The fourth-order valence-electron chi connectivity index (χ4n) is 9.99. The second-order valence-corrected chi connectivity index (χ2v) is 21.3. The second kappa shape index (κ2) is 35.5. The molecule has 1 aromatic carbocycles. The number of nitrogens with two attached hydrogens (primary N) is 1. The van der Waals surface area contributed by atoms with E-state index in [1.165, 1.54) is 57.9 Å². The smallest absolute Gasteiger partial charge is 0.691 e. The maximum atomic E-state index is 14.6. The molecule has 14 N–H and O–H groups in total. The summed E-state index contributed by atoms with van der Waals surface area (Å²) >= 11 is 0.00590. The first-order valence-corrected chi connectivity index (χ1v) is 27.8. The zero-order valence-corrected chi connectivity index (χ0v) is 48.8. The van der Waals surface area contributed by atoms with Crippen LogP contribution in [0.15, 0.2) is 18.2 Å². The van der Waals surface area contributed by atoms with Crippen LogP contribution in [0.3, 0.4) is 0 Å². The number of aliphatic hydroxyl groups excluding tert-OH is 6. The summed E-state index contributed by atoms with van der Waals surface area (Å²) in [5, 5.41) is 103. The van der Waals surface area contributed by atoms with E-state index in [4.69, 9.17) is 9.92 Å². The third-order valence-electron chi connectivity index (χ3n) is 14.3. The number of nitrogens with one attached hydrogen (secondary N) is 5. The number of hydrogen-bond acceptors (Lipinski definition) is 20. The number of primary amides is 1. The Kier molecular flexibility index (Phi) is 31.0. The van der Waals surface area contributed by atoms with Gasteiger partial charge in [-0.2, -0.15) is 0 Å². The second-order valence-electron chi connectivity index (χ2n) is 20.8. The van der Waals surface area contributed by atoms with E-state index in [0.29, 0.717) is 6.42 Å². The van der Waals surface area contributed by atoms with Crippen LogP contribution in [-0.4, -0.2) is 185 Å². The minimum Gasteiger partial charge on any atom is -0.691 e. The molecular formula is C51H81N8NaO19S. The van der Waals surface area contributed by atoms with Crippen LogP contribution in [-0.2, 0) is 54.1 Å². The monoisotopic (exact) mass is 1160 g/mol. The molecule has 3 aliphatic heterocycles. The van der Waals surface area contributed by atoms with Gasteiger partial charge < -0.3 is 87.3 Å². The van der Waals surface area contributed by atoms with Gasteiger partial charge in [-0.15, -0.1) is 4.33 Å². The van der Waals surface area contributed by atoms with Crippen LogP contribution in [0.4, 0.5) is 0 Å². The van der Waals surface area contributed by atoms with E-state index < -0.39 is 171 Å². The van der Waals surface area contributed by atoms with Gasteiger partial charge in [-0.3, -0.25) is 43.4 Å². The van der Waals surface area contributed by atoms with Crippen molar-refractivity contribution in [1.82, 2.24) is 36.4 Å². The molecule has 13 atom stereocenters. The Labute approximate surface area is 491 Å². The Balaban J connectivity index is 0.0000168. The zero-order valence-electron chi connectivity index (χ0n) is 46.0. The molecule has 3 heterocycles. The third kappa shape index (κ3) is 21.7. The Bertz CT molecular complexity index is 2190. The summed E-state index contributed by atoms with van der Waals surface area (Å²) < 4.78 is 9.13. The van der Waals surface area contributed by atoms with Gasteiger partial charge in [-0.25, -0.2) is 0 Å². The maximum Gasteiger partial charge on any atom is 1.00 e. The number of phenolic OH excluding ortho intramolecular Hbond substituents is 1. The van der Waals surface area contributed by atoms with Gasteiger partial charge in [-0.05, 0) is 31.0 Å². The van der Waals surface area contributed by atoms with Gasteiger partial charge in [0.2, 0.25) is 47.3 Å². The average molecular weight is 1170 g/mol. The summed E-state index contributed by atoms with van der Waals surface area (Å²) in [5.41, 5.74) is 5.47. The molecule has 0 radical (unpaired) electrons. The molecule has 3 saturated heterocycles. The largest absolute Gasteiger partial charge is 1.00 e. The number of benzene rings is 1. The van der Waals surface area contributed by atoms with Gasteiger partial charge in [0, 0.05) is 51.2 Å². The fourth-order valence-corrected chi connectivity index (χ4v) is 10.2. The predicted octanol–water partition coefficient (Wildman–Crippen LogP) is -5.45. The molecule has 0 saturated carbocycles. The molecule has 7 unspecified atom stereocenters. The molecule has 0 aliphatic carbocycles. The Morgan fingerprint density at radius 2 is 1.36 bits per heavy atom. The number of aliphatic hydroxyl groups is 6. The third-order valence-corrected chi connectivity index (χ3v) is 14.7. The van der Waals surface area contributed by atoms with Crippen molar-refractivity contribution in [3.8, 4) is 11.5 Å². The van der Waals surface area contributed by atoms with Crippen LogP contribution in [0.1, 0.15) is 135 Å². The number of nitrogens with zero attached hydrogens (tertiary/aromatic N) is 2. The van der Waals surface area contributed by atoms with Crippen molar-refractivity contribution in [2.75, 3.05) is 19.6 Å². The number of carbonyl (C=O) groups is 8. The molecule has 0 bridgehead atoms. The number of rotatable bonds is 26. The molecule has 27 nitrogen and oxygen atoms in total. The number of amides is 8. The standard InChI is InChI=1S/C51H82N8O19S.Na/c1-4-5-6-7-8-9-10-11-12-13-14-15-16-17-40(67)54-33-22-31(61)25-53-49(72)44-45(68)28(2)26-59(44)51(74)43(37(65)24-39(52)66)57-48(71)42(36(64)20-30-18-19-35(63)38(21-30)76-79-78-77-75)56-47(70)34-23-32(62)27-58(34)50(73)41(29(3)60)55-46(33)69;/h18-19,21,28-29,31-34,36-37,41-45,60-65,68,75H,4-17,20,22-27H2,1-3H3,(H2,52,66)(H,53,72)(H,54,67)(H,55,69)(H,56,70)(H,57,71);/q;+1/p-1/t28?,29?,31-,32?,33-,34?,36+,37+,41?,42?,43-,44?,45-;/m0./s1. The molecule has 0 spiro atoms. The first-order valence-electron chi connectivity index (χ1n) is 27.2. The van der Waals surface area contributed by atoms with Gasteiger partial charge in [0.15, 0.2) is 11.5 Å². The Hall–Kier alpha value is -4.43. The number of carbonyl (C=O) groups excluding carboxylic acids is 8. The van der Waals surface area contributed by atoms with Crippen molar-refractivity contribution in [1.29, 1.82) is 0 Å². The maximum absolute atomic E-state index is 14.6. The van der Waals surface area contributed by atoms with Gasteiger partial charge in [0.1, 0.15) is 36.3 Å². The quantitative estimate of drug-likeness (QED) is 0.0135. The Morgan fingerprint density at radius 3 is 1.96 bits per heavy atom. The topological polar surface area (TPSA) is 422 Å². The van der Waals surface area contributed by atoms with Crippen molar-refractivity contribution < 1.29 is 122 Å². The molecule has 8 amide bonds. The molecule has 1 aromatic rings. The van der Waals surface area contributed by atoms with E-state index in [2.05, 4.69) is 42.9 Å². The number of phenols is 1. The molecular weight excluding hydrogens is 1080 g/mol. The average Bonchev–Trinajstić information content (AvgIpc) is 3.95. The first-order chi connectivity index (χ1) is 37.6. The van der Waals surface area contributed by atoms with E-state index >= 15 is 0 Å². The summed E-state index contributed by atoms with van der Waals surface area (Å²) in [6.45, 7) is 3.24. The van der Waals surface area contributed by atoms with Crippen molar-refractivity contribution in [3.63, 3.8) is 0 Å². The molecule has 4 rings (SSSR count). The molecule has 0 aromatic heterocycles. The van der Waals surface area contributed by atoms with E-state index in [0.717, 1.165) is 61.0 Å². The minimum atomic E-state index is -2.19. The number of β-amino-alcohol motifs (C(OH)–C–C–N with tert-alkyl or cyclic N) is 1. The van der Waals surface area contributed by atoms with Crippen molar-refractivity contribution >= 4 is 59.6 Å². The molecule has 29 heteroatoms. The molecule has 80 heavy (non-hydrogen) atoms. The molecule has 3 fully saturated rings. The van der Waals surface area contributed by atoms with Gasteiger partial charge in [-0.1, -0.05) is 97.0 Å². The first kappa shape index (κ1) is 69.8. The van der Waals surface area contributed by atoms with Gasteiger partial charge in [0.05, 0.1) is 43.0 Å². The van der Waals surface area contributed by atoms with Crippen molar-refractivity contribution in [2.24, 2.45) is 11.7 Å². The zero-order chi connectivity index (χ0) is 58.3. The summed E-state index contributed by atoms with van der Waals surface area (Å²) in [6, 6.07) is -7.80. The number of unbranched alkanes of at least 4 members (excludes halogenated alkanes) is 12. The van der Waals surface area contributed by atoms with E-state index in [1.54, 1.807) is 0 Å². The number of hydrogen-bond donors (Lipinski definition) is 13. The molecule has 446 valence electrons. The van der Waals surface area contributed by atoms with Gasteiger partial charge >= 0.3 is 29.6 Å². The van der Waals surface area contributed by atoms with E-state index in [1.807, 2.05) is 0 Å². The van der Waals surface area contributed by atoms with Crippen molar-refractivity contribution in [3.05, 3.63) is 23.8 Å². The van der Waals surface area contributed by atoms with E-state index in [-0.39, 0.29) is 66.2 Å². The summed E-state index contributed by atoms with van der Waals surface area (Å²) in [5.74, 6) is -10.5. The van der Waals surface area contributed by atoms with Crippen LogP contribution in [0.2, 0.25) is 0 Å². The fraction of sp³-hybridized carbons (Fsp3) is 0.725. The molecule has 3 aliphatic rings. The summed E-state index contributed by atoms with van der Waals surface area (Å²) in [4.78, 5) is 113. The van der Waals surface area contributed by atoms with Crippen LogP contribution in [0.25, 0.3) is 0 Å². The van der Waals surface area contributed by atoms with Crippen LogP contribution in [0.5, 0.6) is 11.5 Å².